The van der Waals surface area contributed by atoms with Crippen LogP contribution in [0.25, 0.3) is 0 Å². The summed E-state index contributed by atoms with van der Waals surface area (Å²) in [4.78, 5) is 8.02. The maximum Gasteiger partial charge on any atom is 0.263 e. The molecule has 1 aliphatic carbocycles. The third-order valence-electron chi connectivity index (χ3n) is 5.72. The van der Waals surface area contributed by atoms with Crippen molar-refractivity contribution in [2.45, 2.75) is 44.9 Å². The van der Waals surface area contributed by atoms with Crippen molar-refractivity contribution in [1.29, 1.82) is 0 Å². The number of nitrogens with zero attached hydrogens (tertiary/aromatic N) is 2. The summed E-state index contributed by atoms with van der Waals surface area (Å²) < 4.78 is 34.1. The number of aryl methyl sites for hydroxylation is 1. The lowest BCUT2D eigenvalue weighted by Gasteiger charge is -2.33. The molecule has 0 spiro atoms. The SMILES string of the molecule is CN1CCOc2ccc(S(=O)(=O)Nc3nc4c(s3)CC(C(C)(C)C)CC4)cc21. The van der Waals surface area contributed by atoms with Crippen molar-refractivity contribution in [2.75, 3.05) is 29.8 Å². The average Bonchev–Trinajstić information content (AvgIpc) is 3.01. The van der Waals surface area contributed by atoms with Gasteiger partial charge in [-0.1, -0.05) is 20.8 Å². The predicted octanol–water partition coefficient (Wildman–Crippen LogP) is 3.92. The smallest absolute Gasteiger partial charge is 0.263 e. The number of nitrogens with one attached hydrogen (secondary N) is 1. The molecule has 1 atom stereocenters. The summed E-state index contributed by atoms with van der Waals surface area (Å²) >= 11 is 1.47. The second kappa shape index (κ2) is 6.91. The topological polar surface area (TPSA) is 71.5 Å². The molecule has 1 N–H and O–H groups in total. The Hall–Kier alpha value is -1.80. The van der Waals surface area contributed by atoms with Gasteiger partial charge in [0.15, 0.2) is 5.13 Å². The molecule has 152 valence electrons. The Morgan fingerprint density at radius 3 is 2.86 bits per heavy atom. The van der Waals surface area contributed by atoms with Crippen LogP contribution in [0.15, 0.2) is 23.1 Å². The van der Waals surface area contributed by atoms with Crippen LogP contribution in [0.3, 0.4) is 0 Å². The number of likely N-dealkylation sites (N-methyl/N-ethyl adjacent to an activating group) is 1. The fourth-order valence-electron chi connectivity index (χ4n) is 3.83. The molecule has 0 bridgehead atoms. The quantitative estimate of drug-likeness (QED) is 0.813. The molecule has 2 aliphatic rings. The molecule has 0 fully saturated rings. The largest absolute Gasteiger partial charge is 0.490 e. The van der Waals surface area contributed by atoms with Crippen LogP contribution in [-0.2, 0) is 22.9 Å². The van der Waals surface area contributed by atoms with Gasteiger partial charge in [0, 0.05) is 11.9 Å². The van der Waals surface area contributed by atoms with E-state index in [4.69, 9.17) is 4.74 Å². The van der Waals surface area contributed by atoms with Gasteiger partial charge in [-0.25, -0.2) is 13.4 Å². The van der Waals surface area contributed by atoms with Gasteiger partial charge in [-0.15, -0.1) is 11.3 Å². The molecular weight excluding hydrogens is 394 g/mol. The van der Waals surface area contributed by atoms with E-state index in [0.29, 0.717) is 23.4 Å². The summed E-state index contributed by atoms with van der Waals surface area (Å²) in [5.41, 5.74) is 2.08. The van der Waals surface area contributed by atoms with Crippen LogP contribution in [0.5, 0.6) is 5.75 Å². The van der Waals surface area contributed by atoms with Gasteiger partial charge in [-0.2, -0.15) is 0 Å². The van der Waals surface area contributed by atoms with Crippen molar-refractivity contribution in [3.63, 3.8) is 0 Å². The molecule has 28 heavy (non-hydrogen) atoms. The Balaban J connectivity index is 1.57. The van der Waals surface area contributed by atoms with Gasteiger partial charge in [0.05, 0.1) is 22.8 Å². The lowest BCUT2D eigenvalue weighted by Crippen LogP contribution is -2.29. The minimum Gasteiger partial charge on any atom is -0.490 e. The van der Waals surface area contributed by atoms with Crippen molar-refractivity contribution in [2.24, 2.45) is 11.3 Å². The Bertz CT molecular complexity index is 993. The molecule has 2 aromatic rings. The zero-order chi connectivity index (χ0) is 20.1. The molecule has 6 nitrogen and oxygen atoms in total. The Labute approximate surface area is 171 Å². The van der Waals surface area contributed by atoms with E-state index in [0.717, 1.165) is 37.2 Å². The Morgan fingerprint density at radius 2 is 2.11 bits per heavy atom. The van der Waals surface area contributed by atoms with Crippen LogP contribution in [0.1, 0.15) is 37.8 Å². The van der Waals surface area contributed by atoms with Gasteiger partial charge < -0.3 is 9.64 Å². The van der Waals surface area contributed by atoms with E-state index in [1.807, 2.05) is 11.9 Å². The molecule has 1 aromatic heterocycles. The van der Waals surface area contributed by atoms with Crippen molar-refractivity contribution in [3.8, 4) is 5.75 Å². The van der Waals surface area contributed by atoms with Crippen LogP contribution in [0.4, 0.5) is 10.8 Å². The minimum absolute atomic E-state index is 0.226. The van der Waals surface area contributed by atoms with E-state index in [-0.39, 0.29) is 10.3 Å². The molecule has 1 aromatic carbocycles. The van der Waals surface area contributed by atoms with Gasteiger partial charge >= 0.3 is 0 Å². The maximum atomic E-state index is 12.9. The van der Waals surface area contributed by atoms with Gasteiger partial charge in [-0.3, -0.25) is 4.72 Å². The number of hydrogen-bond donors (Lipinski definition) is 1. The third kappa shape index (κ3) is 3.72. The van der Waals surface area contributed by atoms with E-state index in [1.165, 1.54) is 16.2 Å². The highest BCUT2D eigenvalue weighted by atomic mass is 32.2. The van der Waals surface area contributed by atoms with Crippen LogP contribution in [-0.4, -0.2) is 33.6 Å². The van der Waals surface area contributed by atoms with Crippen LogP contribution in [0, 0.1) is 11.3 Å². The minimum atomic E-state index is -3.70. The summed E-state index contributed by atoms with van der Waals surface area (Å²) in [5, 5.41) is 0.460. The lowest BCUT2D eigenvalue weighted by atomic mass is 9.73. The number of fused-ring (bicyclic) bond motifs is 2. The summed E-state index contributed by atoms with van der Waals surface area (Å²) in [6.45, 7) is 8.14. The van der Waals surface area contributed by atoms with Crippen LogP contribution >= 0.6 is 11.3 Å². The number of thiazole rings is 1. The number of benzene rings is 1. The Morgan fingerprint density at radius 1 is 1.32 bits per heavy atom. The van der Waals surface area contributed by atoms with Gasteiger partial charge in [0.2, 0.25) is 0 Å². The molecule has 4 rings (SSSR count). The first-order chi connectivity index (χ1) is 13.1. The molecule has 8 heteroatoms. The number of ether oxygens (including phenoxy) is 1. The summed E-state index contributed by atoms with van der Waals surface area (Å²) in [6, 6.07) is 4.98. The number of aromatic nitrogens is 1. The average molecular weight is 422 g/mol. The molecule has 0 amide bonds. The maximum absolute atomic E-state index is 12.9. The van der Waals surface area contributed by atoms with E-state index < -0.39 is 10.0 Å². The van der Waals surface area contributed by atoms with E-state index >= 15 is 0 Å². The summed E-state index contributed by atoms with van der Waals surface area (Å²) in [5.74, 6) is 1.31. The van der Waals surface area contributed by atoms with Crippen molar-refractivity contribution >= 4 is 32.2 Å². The fraction of sp³-hybridized carbons (Fsp3) is 0.550. The fourth-order valence-corrected chi connectivity index (χ4v) is 6.17. The number of anilines is 2. The zero-order valence-corrected chi connectivity index (χ0v) is 18.4. The molecule has 2 heterocycles. The van der Waals surface area contributed by atoms with Gasteiger partial charge in [-0.05, 0) is 48.8 Å². The third-order valence-corrected chi connectivity index (χ3v) is 8.22. The van der Waals surface area contributed by atoms with Crippen LogP contribution in [0.2, 0.25) is 0 Å². The second-order valence-corrected chi connectivity index (χ2v) is 11.5. The first-order valence-corrected chi connectivity index (χ1v) is 11.9. The lowest BCUT2D eigenvalue weighted by molar-refractivity contribution is 0.217. The second-order valence-electron chi connectivity index (χ2n) is 8.70. The van der Waals surface area contributed by atoms with Crippen LogP contribution < -0.4 is 14.4 Å². The monoisotopic (exact) mass is 421 g/mol. The number of rotatable bonds is 3. The van der Waals surface area contributed by atoms with Crippen molar-refractivity contribution in [3.05, 3.63) is 28.8 Å². The van der Waals surface area contributed by atoms with Crippen molar-refractivity contribution in [1.82, 2.24) is 4.98 Å². The van der Waals surface area contributed by atoms with Gasteiger partial charge in [0.1, 0.15) is 12.4 Å². The molecule has 1 unspecified atom stereocenters. The highest BCUT2D eigenvalue weighted by molar-refractivity contribution is 7.93. The molecule has 1 aliphatic heterocycles. The molecule has 0 saturated carbocycles. The number of sulfonamides is 1. The first-order valence-electron chi connectivity index (χ1n) is 9.63. The van der Waals surface area contributed by atoms with E-state index in [1.54, 1.807) is 18.2 Å². The summed E-state index contributed by atoms with van der Waals surface area (Å²) in [7, 11) is -1.76. The van der Waals surface area contributed by atoms with E-state index in [9.17, 15) is 8.42 Å². The standard InChI is InChI=1S/C20H27N3O3S2/c1-20(2,3)13-5-7-15-18(11-13)27-19(21-15)22-28(24,25)14-6-8-17-16(12-14)23(4)9-10-26-17/h6,8,12-13H,5,7,9-11H2,1-4H3,(H,21,22). The number of hydrogen-bond acceptors (Lipinski definition) is 6. The molecular formula is C20H27N3O3S2. The Kier molecular flexibility index (Phi) is 4.82. The summed E-state index contributed by atoms with van der Waals surface area (Å²) in [6.07, 6.45) is 2.99. The highest BCUT2D eigenvalue weighted by Crippen LogP contribution is 2.40. The normalized spacial score (nSPS) is 19.6. The van der Waals surface area contributed by atoms with Crippen molar-refractivity contribution < 1.29 is 13.2 Å². The molecule has 0 saturated heterocycles. The highest BCUT2D eigenvalue weighted by Gasteiger charge is 2.31. The predicted molar refractivity (Wildman–Crippen MR) is 113 cm³/mol. The molecule has 0 radical (unpaired) electrons. The van der Waals surface area contributed by atoms with Gasteiger partial charge in [0.25, 0.3) is 10.0 Å². The zero-order valence-electron chi connectivity index (χ0n) is 16.8. The first kappa shape index (κ1) is 19.5. The van der Waals surface area contributed by atoms with E-state index in [2.05, 4.69) is 30.5 Å².